The highest BCUT2D eigenvalue weighted by atomic mass is 19.4. The van der Waals surface area contributed by atoms with E-state index in [9.17, 15) is 22.8 Å². The molecule has 0 unspecified atom stereocenters. The van der Waals surface area contributed by atoms with Gasteiger partial charge in [0.2, 0.25) is 5.91 Å². The van der Waals surface area contributed by atoms with Gasteiger partial charge in [0, 0.05) is 6.54 Å². The van der Waals surface area contributed by atoms with Gasteiger partial charge in [-0.25, -0.2) is 0 Å². The minimum Gasteiger partial charge on any atom is -0.492 e. The summed E-state index contributed by atoms with van der Waals surface area (Å²) < 4.78 is 42.4. The van der Waals surface area contributed by atoms with Crippen molar-refractivity contribution in [2.75, 3.05) is 33.3 Å². The Morgan fingerprint density at radius 2 is 1.88 bits per heavy atom. The predicted molar refractivity (Wildman–Crippen MR) is 79.7 cm³/mol. The van der Waals surface area contributed by atoms with E-state index in [1.54, 1.807) is 11.9 Å². The van der Waals surface area contributed by atoms with Crippen LogP contribution in [0, 0.1) is 0 Å². The molecule has 0 bridgehead atoms. The van der Waals surface area contributed by atoms with Crippen LogP contribution in [0.4, 0.5) is 13.2 Å². The number of ether oxygens (including phenoxy) is 1. The van der Waals surface area contributed by atoms with Crippen LogP contribution in [-0.4, -0.2) is 55.2 Å². The number of carboxylic acids is 1. The third-order valence-electron chi connectivity index (χ3n) is 3.00. The first-order valence-corrected chi connectivity index (χ1v) is 7.15. The minimum absolute atomic E-state index is 0.0492. The van der Waals surface area contributed by atoms with Crippen LogP contribution in [0.25, 0.3) is 0 Å². The van der Waals surface area contributed by atoms with Crippen LogP contribution in [0.2, 0.25) is 0 Å². The number of likely N-dealkylation sites (N-methyl/N-ethyl adjacent to an activating group) is 1. The van der Waals surface area contributed by atoms with Crippen LogP contribution < -0.4 is 10.1 Å². The second kappa shape index (κ2) is 9.11. The van der Waals surface area contributed by atoms with Gasteiger partial charge in [-0.1, -0.05) is 0 Å². The second-order valence-corrected chi connectivity index (χ2v) is 5.10. The summed E-state index contributed by atoms with van der Waals surface area (Å²) in [5.41, 5.74) is -0.757. The molecular weight excluding hydrogens is 329 g/mol. The molecule has 0 radical (unpaired) electrons. The first kappa shape index (κ1) is 19.8. The molecule has 0 aliphatic heterocycles. The molecule has 0 heterocycles. The number of nitrogens with zero attached hydrogens (tertiary/aromatic N) is 1. The standard InChI is InChI=1S/C15H19F3N2O4/c1-20(8-6-14(22)23)10-13(21)19-7-9-24-12-4-2-11(3-5-12)15(16,17)18/h2-5H,6-10H2,1H3,(H,19,21)(H,22,23). The van der Waals surface area contributed by atoms with Crippen molar-refractivity contribution < 1.29 is 32.6 Å². The zero-order chi connectivity index (χ0) is 18.2. The number of halogens is 3. The van der Waals surface area contributed by atoms with Crippen LogP contribution in [0.15, 0.2) is 24.3 Å². The molecule has 0 aliphatic rings. The number of amides is 1. The number of carbonyl (C=O) groups is 2. The molecule has 134 valence electrons. The number of rotatable bonds is 9. The van der Waals surface area contributed by atoms with Crippen molar-refractivity contribution in [3.8, 4) is 5.75 Å². The summed E-state index contributed by atoms with van der Waals surface area (Å²) in [4.78, 5) is 23.6. The van der Waals surface area contributed by atoms with Crippen molar-refractivity contribution in [3.63, 3.8) is 0 Å². The van der Waals surface area contributed by atoms with Gasteiger partial charge in [-0.3, -0.25) is 14.5 Å². The Balaban J connectivity index is 2.23. The highest BCUT2D eigenvalue weighted by Crippen LogP contribution is 2.30. The van der Waals surface area contributed by atoms with Gasteiger partial charge >= 0.3 is 12.1 Å². The van der Waals surface area contributed by atoms with Crippen LogP contribution in [0.3, 0.4) is 0 Å². The second-order valence-electron chi connectivity index (χ2n) is 5.10. The summed E-state index contributed by atoms with van der Waals surface area (Å²) in [5, 5.41) is 11.1. The Labute approximate surface area is 137 Å². The molecule has 0 atom stereocenters. The van der Waals surface area contributed by atoms with Crippen LogP contribution in [-0.2, 0) is 15.8 Å². The summed E-state index contributed by atoms with van der Waals surface area (Å²) >= 11 is 0. The highest BCUT2D eigenvalue weighted by Gasteiger charge is 2.29. The first-order valence-electron chi connectivity index (χ1n) is 7.15. The molecule has 0 aliphatic carbocycles. The van der Waals surface area contributed by atoms with Crippen LogP contribution in [0.5, 0.6) is 5.75 Å². The van der Waals surface area contributed by atoms with E-state index in [1.165, 1.54) is 12.1 Å². The van der Waals surface area contributed by atoms with Gasteiger partial charge in [-0.05, 0) is 31.3 Å². The SMILES string of the molecule is CN(CCC(=O)O)CC(=O)NCCOc1ccc(C(F)(F)F)cc1. The first-order chi connectivity index (χ1) is 11.2. The molecule has 6 nitrogen and oxygen atoms in total. The van der Waals surface area contributed by atoms with Crippen molar-refractivity contribution in [3.05, 3.63) is 29.8 Å². The molecule has 0 fully saturated rings. The monoisotopic (exact) mass is 348 g/mol. The van der Waals surface area contributed by atoms with Crippen molar-refractivity contribution >= 4 is 11.9 Å². The van der Waals surface area contributed by atoms with E-state index >= 15 is 0 Å². The van der Waals surface area contributed by atoms with Gasteiger partial charge in [0.25, 0.3) is 0 Å². The molecule has 0 saturated carbocycles. The molecule has 1 amide bonds. The van der Waals surface area contributed by atoms with Gasteiger partial charge in [0.1, 0.15) is 12.4 Å². The predicted octanol–water partition coefficient (Wildman–Crippen LogP) is 1.61. The Hall–Kier alpha value is -2.29. The van der Waals surface area contributed by atoms with E-state index in [0.717, 1.165) is 12.1 Å². The number of carbonyl (C=O) groups excluding carboxylic acids is 1. The maximum absolute atomic E-state index is 12.4. The smallest absolute Gasteiger partial charge is 0.416 e. The normalized spacial score (nSPS) is 11.4. The van der Waals surface area contributed by atoms with Crippen LogP contribution >= 0.6 is 0 Å². The van der Waals surface area contributed by atoms with E-state index in [2.05, 4.69) is 5.32 Å². The quantitative estimate of drug-likeness (QED) is 0.663. The fourth-order valence-electron chi connectivity index (χ4n) is 1.77. The molecule has 0 saturated heterocycles. The molecule has 0 spiro atoms. The lowest BCUT2D eigenvalue weighted by molar-refractivity contribution is -0.138. The summed E-state index contributed by atoms with van der Waals surface area (Å²) in [7, 11) is 1.63. The van der Waals surface area contributed by atoms with Gasteiger partial charge in [0.15, 0.2) is 0 Å². The largest absolute Gasteiger partial charge is 0.492 e. The fourth-order valence-corrected chi connectivity index (χ4v) is 1.77. The average molecular weight is 348 g/mol. The number of hydrogen-bond acceptors (Lipinski definition) is 4. The summed E-state index contributed by atoms with van der Waals surface area (Å²) in [6, 6.07) is 4.27. The molecule has 1 aromatic rings. The molecule has 0 aromatic heterocycles. The number of benzene rings is 1. The molecule has 24 heavy (non-hydrogen) atoms. The number of alkyl halides is 3. The lowest BCUT2D eigenvalue weighted by atomic mass is 10.2. The maximum Gasteiger partial charge on any atom is 0.416 e. The summed E-state index contributed by atoms with van der Waals surface area (Å²) in [6.07, 6.45) is -4.44. The molecule has 2 N–H and O–H groups in total. The topological polar surface area (TPSA) is 78.9 Å². The number of nitrogens with one attached hydrogen (secondary N) is 1. The van der Waals surface area contributed by atoms with E-state index in [1.807, 2.05) is 0 Å². The molecule has 9 heteroatoms. The highest BCUT2D eigenvalue weighted by molar-refractivity contribution is 5.78. The molecular formula is C15H19F3N2O4. The minimum atomic E-state index is -4.39. The Kier molecular flexibility index (Phi) is 7.50. The van der Waals surface area contributed by atoms with Gasteiger partial charge < -0.3 is 15.2 Å². The zero-order valence-corrected chi connectivity index (χ0v) is 13.1. The number of hydrogen-bond donors (Lipinski definition) is 2. The Morgan fingerprint density at radius 1 is 1.25 bits per heavy atom. The Morgan fingerprint density at radius 3 is 2.42 bits per heavy atom. The van der Waals surface area contributed by atoms with Crippen LogP contribution in [0.1, 0.15) is 12.0 Å². The van der Waals surface area contributed by atoms with E-state index in [-0.39, 0.29) is 44.3 Å². The summed E-state index contributed by atoms with van der Waals surface area (Å²) in [5.74, 6) is -0.957. The Bertz CT molecular complexity index is 547. The zero-order valence-electron chi connectivity index (χ0n) is 13.1. The average Bonchev–Trinajstić information content (AvgIpc) is 2.49. The van der Waals surface area contributed by atoms with Gasteiger partial charge in [-0.2, -0.15) is 13.2 Å². The number of aliphatic carboxylic acids is 1. The number of carboxylic acid groups (broad SMARTS) is 1. The van der Waals surface area contributed by atoms with E-state index < -0.39 is 17.7 Å². The van der Waals surface area contributed by atoms with Crippen molar-refractivity contribution in [1.29, 1.82) is 0 Å². The van der Waals surface area contributed by atoms with E-state index in [4.69, 9.17) is 9.84 Å². The summed E-state index contributed by atoms with van der Waals surface area (Å²) in [6.45, 7) is 0.598. The fraction of sp³-hybridized carbons (Fsp3) is 0.467. The lowest BCUT2D eigenvalue weighted by Gasteiger charge is -2.15. The lowest BCUT2D eigenvalue weighted by Crippen LogP contribution is -2.37. The molecule has 1 rings (SSSR count). The third kappa shape index (κ3) is 7.82. The van der Waals surface area contributed by atoms with Crippen molar-refractivity contribution in [2.24, 2.45) is 0 Å². The van der Waals surface area contributed by atoms with Gasteiger partial charge in [-0.15, -0.1) is 0 Å². The van der Waals surface area contributed by atoms with Gasteiger partial charge in [0.05, 0.1) is 25.1 Å². The third-order valence-corrected chi connectivity index (χ3v) is 3.00. The molecule has 1 aromatic carbocycles. The van der Waals surface area contributed by atoms with Crippen molar-refractivity contribution in [1.82, 2.24) is 10.2 Å². The maximum atomic E-state index is 12.4. The van der Waals surface area contributed by atoms with E-state index in [0.29, 0.717) is 0 Å². The van der Waals surface area contributed by atoms with Crippen molar-refractivity contribution in [2.45, 2.75) is 12.6 Å².